The Kier molecular flexibility index (Phi) is 4.59. The van der Waals surface area contributed by atoms with Gasteiger partial charge in [-0.2, -0.15) is 5.10 Å². The van der Waals surface area contributed by atoms with Crippen molar-refractivity contribution >= 4 is 31.9 Å². The molecule has 8 nitrogen and oxygen atoms in total. The predicted octanol–water partition coefficient (Wildman–Crippen LogP) is 1.36. The number of rotatable bonds is 5. The van der Waals surface area contributed by atoms with Gasteiger partial charge in [-0.05, 0) is 36.8 Å². The topological polar surface area (TPSA) is 110 Å². The van der Waals surface area contributed by atoms with Crippen LogP contribution in [0.4, 0.5) is 5.95 Å². The van der Waals surface area contributed by atoms with Crippen LogP contribution < -0.4 is 10.0 Å². The van der Waals surface area contributed by atoms with Gasteiger partial charge in [0.25, 0.3) is 16.0 Å². The molecular weight excluding hydrogens is 362 g/mol. The Morgan fingerprint density at radius 2 is 2.00 bits per heavy atom. The number of furan rings is 1. The Bertz CT molecular complexity index is 759. The minimum absolute atomic E-state index is 0.0189. The second-order valence-corrected chi connectivity index (χ2v) is 6.66. The highest BCUT2D eigenvalue weighted by Crippen LogP contribution is 2.27. The quantitative estimate of drug-likeness (QED) is 0.811. The molecule has 0 aromatic carbocycles. The van der Waals surface area contributed by atoms with Crippen molar-refractivity contribution in [3.63, 3.8) is 0 Å². The van der Waals surface area contributed by atoms with E-state index in [9.17, 15) is 8.42 Å². The number of nitrogens with zero attached hydrogens (tertiary/aromatic N) is 3. The van der Waals surface area contributed by atoms with E-state index in [0.29, 0.717) is 23.7 Å². The van der Waals surface area contributed by atoms with Crippen molar-refractivity contribution in [1.82, 2.24) is 20.5 Å². The van der Waals surface area contributed by atoms with E-state index in [2.05, 4.69) is 41.2 Å². The lowest BCUT2D eigenvalue weighted by Crippen LogP contribution is -2.16. The molecule has 0 atom stereocenters. The number of hydrogen-bond donors (Lipinski definition) is 2. The van der Waals surface area contributed by atoms with Gasteiger partial charge in [-0.25, -0.2) is 18.1 Å². The summed E-state index contributed by atoms with van der Waals surface area (Å²) in [5.74, 6) is 0.408. The third-order valence-electron chi connectivity index (χ3n) is 2.66. The first-order valence-electron chi connectivity index (χ1n) is 5.97. The summed E-state index contributed by atoms with van der Waals surface area (Å²) in [7, 11) is -2.12. The highest BCUT2D eigenvalue weighted by Gasteiger charge is 2.23. The molecule has 0 saturated heterocycles. The van der Waals surface area contributed by atoms with Gasteiger partial charge in [0, 0.05) is 6.07 Å². The minimum atomic E-state index is -3.85. The first kappa shape index (κ1) is 15.9. The van der Waals surface area contributed by atoms with E-state index in [-0.39, 0.29) is 15.5 Å². The van der Waals surface area contributed by atoms with Gasteiger partial charge in [0.15, 0.2) is 4.67 Å². The summed E-state index contributed by atoms with van der Waals surface area (Å²) in [6, 6.07) is 1.43. The summed E-state index contributed by atoms with van der Waals surface area (Å²) < 4.78 is 32.3. The van der Waals surface area contributed by atoms with Gasteiger partial charge in [-0.15, -0.1) is 5.10 Å². The van der Waals surface area contributed by atoms with Crippen molar-refractivity contribution in [2.45, 2.75) is 25.3 Å². The molecule has 0 bridgehead atoms. The highest BCUT2D eigenvalue weighted by atomic mass is 79.9. The lowest BCUT2D eigenvalue weighted by Gasteiger charge is -2.05. The van der Waals surface area contributed by atoms with E-state index >= 15 is 0 Å². The molecule has 2 N–H and O–H groups in total. The first-order valence-corrected chi connectivity index (χ1v) is 8.24. The van der Waals surface area contributed by atoms with Crippen LogP contribution in [0.1, 0.15) is 17.1 Å². The second kappa shape index (κ2) is 6.08. The van der Waals surface area contributed by atoms with Gasteiger partial charge in [-0.1, -0.05) is 0 Å². The first-order chi connectivity index (χ1) is 9.83. The van der Waals surface area contributed by atoms with Gasteiger partial charge in [0.2, 0.25) is 0 Å². The molecule has 2 aromatic heterocycles. The minimum Gasteiger partial charge on any atom is -0.451 e. The van der Waals surface area contributed by atoms with Gasteiger partial charge in [0.05, 0.1) is 17.9 Å². The van der Waals surface area contributed by atoms with Gasteiger partial charge in [0.1, 0.15) is 10.7 Å². The summed E-state index contributed by atoms with van der Waals surface area (Å²) in [4.78, 5) is 4.02. The Balaban J connectivity index is 2.31. The Labute approximate surface area is 130 Å². The van der Waals surface area contributed by atoms with Crippen LogP contribution in [0.3, 0.4) is 0 Å². The largest absolute Gasteiger partial charge is 0.451 e. The van der Waals surface area contributed by atoms with Gasteiger partial charge in [-0.3, -0.25) is 0 Å². The molecule has 0 fully saturated rings. The van der Waals surface area contributed by atoms with Crippen molar-refractivity contribution in [3.8, 4) is 0 Å². The molecule has 10 heteroatoms. The Morgan fingerprint density at radius 1 is 1.29 bits per heavy atom. The van der Waals surface area contributed by atoms with Gasteiger partial charge >= 0.3 is 0 Å². The van der Waals surface area contributed by atoms with E-state index in [0.717, 1.165) is 0 Å². The molecule has 0 spiro atoms. The smallest absolute Gasteiger partial charge is 0.268 e. The fraction of sp³-hybridized carbons (Fsp3) is 0.364. The third kappa shape index (κ3) is 3.57. The molecule has 0 saturated carbocycles. The van der Waals surface area contributed by atoms with Crippen LogP contribution in [-0.4, -0.2) is 30.6 Å². The number of anilines is 1. The highest BCUT2D eigenvalue weighted by molar-refractivity contribution is 9.10. The van der Waals surface area contributed by atoms with E-state index in [1.165, 1.54) is 6.07 Å². The van der Waals surface area contributed by atoms with Crippen molar-refractivity contribution < 1.29 is 12.8 Å². The average Bonchev–Trinajstić information content (AvgIpc) is 2.76. The van der Waals surface area contributed by atoms with Gasteiger partial charge < -0.3 is 9.73 Å². The Hall–Kier alpha value is -1.52. The monoisotopic (exact) mass is 375 g/mol. The number of nitrogens with one attached hydrogen (secondary N) is 2. The maximum absolute atomic E-state index is 12.3. The predicted molar refractivity (Wildman–Crippen MR) is 79.3 cm³/mol. The third-order valence-corrected chi connectivity index (χ3v) is 4.85. The molecule has 114 valence electrons. The van der Waals surface area contributed by atoms with Crippen LogP contribution in [0.2, 0.25) is 0 Å². The molecule has 0 radical (unpaired) electrons. The number of aryl methyl sites for hydroxylation is 2. The lowest BCUT2D eigenvalue weighted by molar-refractivity contribution is 0.470. The summed E-state index contributed by atoms with van der Waals surface area (Å²) >= 11 is 3.09. The molecule has 0 aliphatic carbocycles. The van der Waals surface area contributed by atoms with E-state index < -0.39 is 10.0 Å². The fourth-order valence-electron chi connectivity index (χ4n) is 1.52. The van der Waals surface area contributed by atoms with Crippen molar-refractivity contribution in [2.24, 2.45) is 0 Å². The SMILES string of the molecule is CNCc1cc(S(=O)(=O)Nc2nnc(C)c(C)n2)c(Br)o1. The van der Waals surface area contributed by atoms with Crippen LogP contribution in [-0.2, 0) is 16.6 Å². The van der Waals surface area contributed by atoms with E-state index in [4.69, 9.17) is 4.42 Å². The summed E-state index contributed by atoms with van der Waals surface area (Å²) in [5.41, 5.74) is 1.24. The van der Waals surface area contributed by atoms with Crippen molar-refractivity contribution in [2.75, 3.05) is 11.8 Å². The second-order valence-electron chi connectivity index (χ2n) is 4.29. The standard InChI is InChI=1S/C11H14BrN5O3S/c1-6-7(2)15-16-11(14-6)17-21(18,19)9-4-8(5-13-3)20-10(9)12/h4,13H,5H2,1-3H3,(H,14,16,17). The average molecular weight is 376 g/mol. The van der Waals surface area contributed by atoms with Crippen LogP contribution in [0.25, 0.3) is 0 Å². The summed E-state index contributed by atoms with van der Waals surface area (Å²) in [6.07, 6.45) is 0. The van der Waals surface area contributed by atoms with Crippen LogP contribution in [0.5, 0.6) is 0 Å². The Morgan fingerprint density at radius 3 is 2.62 bits per heavy atom. The zero-order chi connectivity index (χ0) is 15.6. The van der Waals surface area contributed by atoms with Crippen LogP contribution in [0, 0.1) is 13.8 Å². The zero-order valence-electron chi connectivity index (χ0n) is 11.6. The maximum atomic E-state index is 12.3. The van der Waals surface area contributed by atoms with Crippen LogP contribution in [0.15, 0.2) is 20.0 Å². The normalized spacial score (nSPS) is 11.6. The van der Waals surface area contributed by atoms with Crippen LogP contribution >= 0.6 is 15.9 Å². The summed E-state index contributed by atoms with van der Waals surface area (Å²) in [6.45, 7) is 3.88. The fourth-order valence-corrected chi connectivity index (χ4v) is 3.46. The lowest BCUT2D eigenvalue weighted by atomic mass is 10.4. The molecular formula is C11H14BrN5O3S. The molecule has 0 aliphatic rings. The van der Waals surface area contributed by atoms with E-state index in [1.54, 1.807) is 20.9 Å². The molecule has 2 rings (SSSR count). The molecule has 21 heavy (non-hydrogen) atoms. The molecule has 0 unspecified atom stereocenters. The number of halogens is 1. The van der Waals surface area contributed by atoms with Crippen molar-refractivity contribution in [1.29, 1.82) is 0 Å². The zero-order valence-corrected chi connectivity index (χ0v) is 14.0. The molecule has 0 aliphatic heterocycles. The summed E-state index contributed by atoms with van der Waals surface area (Å²) in [5, 5.41) is 10.4. The number of sulfonamides is 1. The van der Waals surface area contributed by atoms with Crippen molar-refractivity contribution in [3.05, 3.63) is 27.9 Å². The maximum Gasteiger partial charge on any atom is 0.268 e. The number of hydrogen-bond acceptors (Lipinski definition) is 7. The molecule has 2 heterocycles. The molecule has 2 aromatic rings. The molecule has 0 amide bonds. The van der Waals surface area contributed by atoms with E-state index in [1.807, 2.05) is 0 Å². The number of aromatic nitrogens is 3.